The van der Waals surface area contributed by atoms with Crippen LogP contribution >= 0.6 is 0 Å². The Labute approximate surface area is 95.7 Å². The van der Waals surface area contributed by atoms with Crippen LogP contribution in [0.4, 0.5) is 13.2 Å². The van der Waals surface area contributed by atoms with E-state index in [0.29, 0.717) is 16.5 Å². The highest BCUT2D eigenvalue weighted by atomic mass is 19.4. The van der Waals surface area contributed by atoms with Gasteiger partial charge in [-0.25, -0.2) is 0 Å². The summed E-state index contributed by atoms with van der Waals surface area (Å²) in [6, 6.07) is 3.42. The Kier molecular flexibility index (Phi) is 2.49. The molecule has 0 aliphatic heterocycles. The van der Waals surface area contributed by atoms with Crippen molar-refractivity contribution in [2.75, 3.05) is 0 Å². The largest absolute Gasteiger partial charge is 0.416 e. The number of alkyl halides is 3. The minimum absolute atomic E-state index is 0.241. The lowest BCUT2D eigenvalue weighted by atomic mass is 10.1. The van der Waals surface area contributed by atoms with Gasteiger partial charge in [-0.3, -0.25) is 4.79 Å². The number of benzene rings is 1. The molecule has 90 valence electrons. The maximum atomic E-state index is 12.6. The van der Waals surface area contributed by atoms with Gasteiger partial charge in [0.05, 0.1) is 5.56 Å². The van der Waals surface area contributed by atoms with Crippen LogP contribution in [0.3, 0.4) is 0 Å². The van der Waals surface area contributed by atoms with Crippen molar-refractivity contribution < 1.29 is 18.0 Å². The van der Waals surface area contributed by atoms with Crippen molar-refractivity contribution in [1.82, 2.24) is 4.57 Å². The number of carbonyl (C=O) groups is 1. The molecule has 2 rings (SSSR count). The first-order valence-electron chi connectivity index (χ1n) is 4.98. The number of aryl methyl sites for hydroxylation is 1. The molecular weight excluding hydrogens is 231 g/mol. The standard InChI is InChI=1S/C12H10F3NO/c1-7(17)10-6-16(2)11-4-3-8(5-9(10)11)12(13,14)15/h3-6H,1-2H3. The monoisotopic (exact) mass is 241 g/mol. The van der Waals surface area contributed by atoms with Crippen LogP contribution in [0.5, 0.6) is 0 Å². The topological polar surface area (TPSA) is 22.0 Å². The van der Waals surface area contributed by atoms with Crippen molar-refractivity contribution in [2.45, 2.75) is 13.1 Å². The second-order valence-electron chi connectivity index (χ2n) is 3.94. The Bertz CT molecular complexity index is 596. The molecule has 1 heterocycles. The van der Waals surface area contributed by atoms with Crippen molar-refractivity contribution in [2.24, 2.45) is 7.05 Å². The van der Waals surface area contributed by atoms with E-state index in [4.69, 9.17) is 0 Å². The molecule has 0 amide bonds. The fourth-order valence-corrected chi connectivity index (χ4v) is 1.85. The van der Waals surface area contributed by atoms with Gasteiger partial charge in [-0.1, -0.05) is 0 Å². The number of rotatable bonds is 1. The molecule has 5 heteroatoms. The normalized spacial score (nSPS) is 12.1. The second kappa shape index (κ2) is 3.61. The Hall–Kier alpha value is -1.78. The van der Waals surface area contributed by atoms with Gasteiger partial charge in [0, 0.05) is 29.7 Å². The van der Waals surface area contributed by atoms with Gasteiger partial charge >= 0.3 is 6.18 Å². The third kappa shape index (κ3) is 1.92. The van der Waals surface area contributed by atoms with Gasteiger partial charge in [-0.15, -0.1) is 0 Å². The lowest BCUT2D eigenvalue weighted by Gasteiger charge is -2.06. The molecule has 0 radical (unpaired) electrons. The number of hydrogen-bond acceptors (Lipinski definition) is 1. The van der Waals surface area contributed by atoms with E-state index >= 15 is 0 Å². The van der Waals surface area contributed by atoms with E-state index in [1.54, 1.807) is 17.8 Å². The number of halogens is 3. The van der Waals surface area contributed by atoms with Crippen molar-refractivity contribution in [3.05, 3.63) is 35.5 Å². The zero-order valence-corrected chi connectivity index (χ0v) is 9.30. The summed E-state index contributed by atoms with van der Waals surface area (Å²) in [6.45, 7) is 1.34. The highest BCUT2D eigenvalue weighted by Gasteiger charge is 2.31. The predicted octanol–water partition coefficient (Wildman–Crippen LogP) is 3.40. The molecule has 2 aromatic rings. The molecule has 0 saturated heterocycles. The highest BCUT2D eigenvalue weighted by molar-refractivity contribution is 6.07. The minimum Gasteiger partial charge on any atom is -0.350 e. The van der Waals surface area contributed by atoms with Crippen LogP contribution in [-0.2, 0) is 13.2 Å². The molecular formula is C12H10F3NO. The number of carbonyl (C=O) groups excluding carboxylic acids is 1. The van der Waals surface area contributed by atoms with Crippen LogP contribution in [-0.4, -0.2) is 10.4 Å². The summed E-state index contributed by atoms with van der Waals surface area (Å²) in [5.74, 6) is -0.241. The molecule has 0 bridgehead atoms. The third-order valence-corrected chi connectivity index (χ3v) is 2.70. The summed E-state index contributed by atoms with van der Waals surface area (Å²) in [5, 5.41) is 0.342. The summed E-state index contributed by atoms with van der Waals surface area (Å²) in [5.41, 5.74) is 0.190. The summed E-state index contributed by atoms with van der Waals surface area (Å²) in [7, 11) is 1.70. The maximum absolute atomic E-state index is 12.6. The molecule has 0 N–H and O–H groups in total. The first-order valence-corrected chi connectivity index (χ1v) is 4.98. The Balaban J connectivity index is 2.75. The molecule has 2 nitrogen and oxygen atoms in total. The van der Waals surface area contributed by atoms with Crippen LogP contribution in [0.2, 0.25) is 0 Å². The smallest absolute Gasteiger partial charge is 0.350 e. The van der Waals surface area contributed by atoms with Crippen LogP contribution < -0.4 is 0 Å². The Morgan fingerprint density at radius 2 is 1.94 bits per heavy atom. The number of nitrogens with zero attached hydrogens (tertiary/aromatic N) is 1. The van der Waals surface area contributed by atoms with Gasteiger partial charge in [0.2, 0.25) is 0 Å². The molecule has 0 unspecified atom stereocenters. The van der Waals surface area contributed by atoms with Gasteiger partial charge in [0.25, 0.3) is 0 Å². The van der Waals surface area contributed by atoms with E-state index in [1.807, 2.05) is 0 Å². The molecule has 0 aliphatic carbocycles. The van der Waals surface area contributed by atoms with Gasteiger partial charge < -0.3 is 4.57 Å². The first kappa shape index (κ1) is 11.7. The molecule has 1 aromatic heterocycles. The molecule has 0 saturated carbocycles. The average Bonchev–Trinajstić information content (AvgIpc) is 2.54. The zero-order valence-electron chi connectivity index (χ0n) is 9.30. The third-order valence-electron chi connectivity index (χ3n) is 2.70. The number of aromatic nitrogens is 1. The molecule has 0 atom stereocenters. The van der Waals surface area contributed by atoms with E-state index < -0.39 is 11.7 Å². The summed E-state index contributed by atoms with van der Waals surface area (Å²) in [6.07, 6.45) is -2.84. The Morgan fingerprint density at radius 3 is 2.47 bits per heavy atom. The number of hydrogen-bond donors (Lipinski definition) is 0. The quantitative estimate of drug-likeness (QED) is 0.701. The summed E-state index contributed by atoms with van der Waals surface area (Å²) in [4.78, 5) is 11.3. The van der Waals surface area contributed by atoms with Gasteiger partial charge in [-0.05, 0) is 25.1 Å². The van der Waals surface area contributed by atoms with E-state index in [-0.39, 0.29) is 5.78 Å². The van der Waals surface area contributed by atoms with E-state index in [9.17, 15) is 18.0 Å². The molecule has 0 fully saturated rings. The van der Waals surface area contributed by atoms with Gasteiger partial charge in [-0.2, -0.15) is 13.2 Å². The number of ketones is 1. The predicted molar refractivity (Wildman–Crippen MR) is 57.9 cm³/mol. The summed E-state index contributed by atoms with van der Waals surface area (Å²) >= 11 is 0. The molecule has 0 spiro atoms. The first-order chi connectivity index (χ1) is 7.80. The van der Waals surface area contributed by atoms with Crippen LogP contribution in [0, 0.1) is 0 Å². The zero-order chi connectivity index (χ0) is 12.8. The Morgan fingerprint density at radius 1 is 1.29 bits per heavy atom. The summed E-state index contributed by atoms with van der Waals surface area (Å²) < 4.78 is 39.3. The average molecular weight is 241 g/mol. The lowest BCUT2D eigenvalue weighted by Crippen LogP contribution is -2.04. The second-order valence-corrected chi connectivity index (χ2v) is 3.94. The van der Waals surface area contributed by atoms with Crippen molar-refractivity contribution in [3.63, 3.8) is 0 Å². The molecule has 1 aromatic carbocycles. The van der Waals surface area contributed by atoms with Gasteiger partial charge in [0.1, 0.15) is 0 Å². The van der Waals surface area contributed by atoms with E-state index in [0.717, 1.165) is 12.1 Å². The fourth-order valence-electron chi connectivity index (χ4n) is 1.85. The SMILES string of the molecule is CC(=O)c1cn(C)c2ccc(C(F)(F)F)cc12. The number of fused-ring (bicyclic) bond motifs is 1. The van der Waals surface area contributed by atoms with Crippen molar-refractivity contribution in [1.29, 1.82) is 0 Å². The lowest BCUT2D eigenvalue weighted by molar-refractivity contribution is -0.137. The van der Waals surface area contributed by atoms with Crippen molar-refractivity contribution >= 4 is 16.7 Å². The van der Waals surface area contributed by atoms with Gasteiger partial charge in [0.15, 0.2) is 5.78 Å². The van der Waals surface area contributed by atoms with Crippen LogP contribution in [0.25, 0.3) is 10.9 Å². The highest BCUT2D eigenvalue weighted by Crippen LogP contribution is 2.32. The van der Waals surface area contributed by atoms with Crippen LogP contribution in [0.15, 0.2) is 24.4 Å². The van der Waals surface area contributed by atoms with E-state index in [1.165, 1.54) is 13.0 Å². The minimum atomic E-state index is -4.39. The fraction of sp³-hybridized carbons (Fsp3) is 0.250. The molecule has 0 aliphatic rings. The van der Waals surface area contributed by atoms with Crippen molar-refractivity contribution in [3.8, 4) is 0 Å². The van der Waals surface area contributed by atoms with E-state index in [2.05, 4.69) is 0 Å². The number of Topliss-reactive ketones (excluding diaryl/α,β-unsaturated/α-hetero) is 1. The maximum Gasteiger partial charge on any atom is 0.416 e. The molecule has 17 heavy (non-hydrogen) atoms. The van der Waals surface area contributed by atoms with Crippen LogP contribution in [0.1, 0.15) is 22.8 Å².